The normalized spacial score (nSPS) is 18.3. The number of nitrogens with one attached hydrogen (secondary N) is 1. The zero-order valence-electron chi connectivity index (χ0n) is 15.9. The number of halogens is 1. The van der Waals surface area contributed by atoms with Crippen molar-refractivity contribution in [1.29, 1.82) is 0 Å². The van der Waals surface area contributed by atoms with E-state index in [1.807, 2.05) is 30.3 Å². The Hall–Kier alpha value is -3.93. The molecule has 0 saturated carbocycles. The van der Waals surface area contributed by atoms with Crippen molar-refractivity contribution in [3.63, 3.8) is 0 Å². The molecule has 0 aromatic heterocycles. The van der Waals surface area contributed by atoms with Gasteiger partial charge in [0.25, 0.3) is 5.91 Å². The average molecular weight is 402 g/mol. The maximum Gasteiger partial charge on any atom is 0.252 e. The molecule has 2 atom stereocenters. The summed E-state index contributed by atoms with van der Waals surface area (Å²) in [6.45, 7) is 0. The van der Waals surface area contributed by atoms with Gasteiger partial charge in [0.2, 0.25) is 5.91 Å². The summed E-state index contributed by atoms with van der Waals surface area (Å²) < 4.78 is 13.3. The number of benzene rings is 3. The number of anilines is 1. The Labute approximate surface area is 173 Å². The van der Waals surface area contributed by atoms with E-state index in [4.69, 9.17) is 0 Å². The maximum absolute atomic E-state index is 13.3. The Morgan fingerprint density at radius 2 is 1.63 bits per heavy atom. The summed E-state index contributed by atoms with van der Waals surface area (Å²) in [5, 5.41) is 12.3. The van der Waals surface area contributed by atoms with Crippen LogP contribution in [0.25, 0.3) is 6.08 Å². The van der Waals surface area contributed by atoms with Gasteiger partial charge in [-0.2, -0.15) is 0 Å². The highest BCUT2D eigenvalue weighted by Gasteiger charge is 2.49. The first kappa shape index (κ1) is 19.4. The molecule has 2 N–H and O–H groups in total. The molecule has 1 heterocycles. The SMILES string of the molecule is O=C(/C=C/c1ccccc1)N[C@H]1C(=O)N(c2ccc(F)cc2)[C@H]1c1ccc(O)cc1. The summed E-state index contributed by atoms with van der Waals surface area (Å²) in [4.78, 5) is 26.8. The van der Waals surface area contributed by atoms with Gasteiger partial charge in [-0.05, 0) is 53.6 Å². The number of carbonyl (C=O) groups is 2. The minimum Gasteiger partial charge on any atom is -0.508 e. The van der Waals surface area contributed by atoms with E-state index < -0.39 is 17.9 Å². The first-order valence-corrected chi connectivity index (χ1v) is 9.44. The summed E-state index contributed by atoms with van der Waals surface area (Å²) in [5.41, 5.74) is 2.15. The third kappa shape index (κ3) is 3.93. The summed E-state index contributed by atoms with van der Waals surface area (Å²) in [7, 11) is 0. The van der Waals surface area contributed by atoms with Crippen LogP contribution in [-0.2, 0) is 9.59 Å². The number of hydrogen-bond donors (Lipinski definition) is 2. The molecular formula is C24H19FN2O3. The van der Waals surface area contributed by atoms with Gasteiger partial charge in [-0.1, -0.05) is 42.5 Å². The van der Waals surface area contributed by atoms with Crippen LogP contribution in [-0.4, -0.2) is 23.0 Å². The summed E-state index contributed by atoms with van der Waals surface area (Å²) >= 11 is 0. The number of rotatable bonds is 5. The molecule has 0 spiro atoms. The fourth-order valence-corrected chi connectivity index (χ4v) is 3.47. The van der Waals surface area contributed by atoms with Crippen LogP contribution in [0.15, 0.2) is 84.9 Å². The summed E-state index contributed by atoms with van der Waals surface area (Å²) in [5.74, 6) is -0.978. The van der Waals surface area contributed by atoms with Crippen molar-refractivity contribution in [2.45, 2.75) is 12.1 Å². The predicted octanol–water partition coefficient (Wildman–Crippen LogP) is 3.82. The first-order chi connectivity index (χ1) is 14.5. The minimum atomic E-state index is -0.771. The molecule has 0 aliphatic carbocycles. The zero-order valence-corrected chi connectivity index (χ0v) is 15.9. The first-order valence-electron chi connectivity index (χ1n) is 9.44. The molecular weight excluding hydrogens is 383 g/mol. The molecule has 1 fully saturated rings. The molecule has 1 saturated heterocycles. The second-order valence-electron chi connectivity index (χ2n) is 6.95. The van der Waals surface area contributed by atoms with E-state index in [9.17, 15) is 19.1 Å². The van der Waals surface area contributed by atoms with Crippen molar-refractivity contribution < 1.29 is 19.1 Å². The molecule has 0 radical (unpaired) electrons. The van der Waals surface area contributed by atoms with Gasteiger partial charge in [0.1, 0.15) is 17.6 Å². The van der Waals surface area contributed by atoms with Crippen LogP contribution < -0.4 is 10.2 Å². The molecule has 0 bridgehead atoms. The van der Waals surface area contributed by atoms with Crippen LogP contribution in [0.1, 0.15) is 17.2 Å². The fraction of sp³-hybridized carbons (Fsp3) is 0.0833. The number of β-lactam (4-membered cyclic amide) rings is 1. The molecule has 2 amide bonds. The number of amides is 2. The quantitative estimate of drug-likeness (QED) is 0.504. The van der Waals surface area contributed by atoms with Crippen molar-refractivity contribution in [1.82, 2.24) is 5.32 Å². The topological polar surface area (TPSA) is 69.6 Å². The lowest BCUT2D eigenvalue weighted by molar-refractivity contribution is -0.131. The fourth-order valence-electron chi connectivity index (χ4n) is 3.47. The van der Waals surface area contributed by atoms with Gasteiger partial charge in [0.05, 0.1) is 6.04 Å². The number of phenolic OH excluding ortho intramolecular Hbond substituents is 1. The number of nitrogens with zero attached hydrogens (tertiary/aromatic N) is 1. The second kappa shape index (κ2) is 8.21. The number of carbonyl (C=O) groups excluding carboxylic acids is 2. The molecule has 4 rings (SSSR count). The Morgan fingerprint density at radius 3 is 2.30 bits per heavy atom. The molecule has 3 aromatic rings. The lowest BCUT2D eigenvalue weighted by atomic mass is 9.87. The molecule has 150 valence electrons. The standard InChI is InChI=1S/C24H19FN2O3/c25-18-9-11-19(12-10-18)27-23(17-7-13-20(28)14-8-17)22(24(27)30)26-21(29)15-6-16-4-2-1-3-5-16/h1-15,22-23,28H,(H,26,29)/b15-6+/t22-,23+/m1/s1. The molecule has 1 aliphatic heterocycles. The van der Waals surface area contributed by atoms with E-state index in [0.717, 1.165) is 11.1 Å². The highest BCUT2D eigenvalue weighted by Crippen LogP contribution is 2.39. The van der Waals surface area contributed by atoms with Gasteiger partial charge >= 0.3 is 0 Å². The van der Waals surface area contributed by atoms with E-state index in [-0.39, 0.29) is 17.6 Å². The Balaban J connectivity index is 1.57. The number of aromatic hydroxyl groups is 1. The maximum atomic E-state index is 13.3. The Bertz CT molecular complexity index is 1080. The summed E-state index contributed by atoms with van der Waals surface area (Å²) in [6, 6.07) is 20.2. The summed E-state index contributed by atoms with van der Waals surface area (Å²) in [6.07, 6.45) is 3.06. The second-order valence-corrected chi connectivity index (χ2v) is 6.95. The van der Waals surface area contributed by atoms with E-state index in [0.29, 0.717) is 5.69 Å². The van der Waals surface area contributed by atoms with Crippen molar-refractivity contribution >= 4 is 23.6 Å². The molecule has 5 nitrogen and oxygen atoms in total. The third-order valence-electron chi connectivity index (χ3n) is 4.96. The molecule has 30 heavy (non-hydrogen) atoms. The van der Waals surface area contributed by atoms with E-state index in [1.165, 1.54) is 47.4 Å². The van der Waals surface area contributed by atoms with Crippen LogP contribution in [0.2, 0.25) is 0 Å². The van der Waals surface area contributed by atoms with Crippen molar-refractivity contribution in [2.75, 3.05) is 4.90 Å². The van der Waals surface area contributed by atoms with E-state index >= 15 is 0 Å². The van der Waals surface area contributed by atoms with Crippen molar-refractivity contribution in [2.24, 2.45) is 0 Å². The van der Waals surface area contributed by atoms with E-state index in [1.54, 1.807) is 18.2 Å². The van der Waals surface area contributed by atoms with Crippen molar-refractivity contribution in [3.05, 3.63) is 102 Å². The van der Waals surface area contributed by atoms with Crippen LogP contribution in [0.4, 0.5) is 10.1 Å². The highest BCUT2D eigenvalue weighted by molar-refractivity contribution is 6.08. The average Bonchev–Trinajstić information content (AvgIpc) is 2.77. The third-order valence-corrected chi connectivity index (χ3v) is 4.96. The molecule has 0 unspecified atom stereocenters. The Morgan fingerprint density at radius 1 is 0.967 bits per heavy atom. The lowest BCUT2D eigenvalue weighted by Gasteiger charge is -2.47. The monoisotopic (exact) mass is 402 g/mol. The predicted molar refractivity (Wildman–Crippen MR) is 112 cm³/mol. The Kier molecular flexibility index (Phi) is 5.30. The van der Waals surface area contributed by atoms with Crippen LogP contribution in [0.3, 0.4) is 0 Å². The number of phenols is 1. The minimum absolute atomic E-state index is 0.101. The van der Waals surface area contributed by atoms with Gasteiger partial charge in [-0.15, -0.1) is 0 Å². The van der Waals surface area contributed by atoms with Gasteiger partial charge in [-0.25, -0.2) is 4.39 Å². The van der Waals surface area contributed by atoms with Gasteiger partial charge in [0.15, 0.2) is 0 Å². The smallest absolute Gasteiger partial charge is 0.252 e. The lowest BCUT2D eigenvalue weighted by Crippen LogP contribution is -2.65. The van der Waals surface area contributed by atoms with Crippen LogP contribution in [0.5, 0.6) is 5.75 Å². The molecule has 6 heteroatoms. The van der Waals surface area contributed by atoms with E-state index in [2.05, 4.69) is 5.32 Å². The van der Waals surface area contributed by atoms with Crippen LogP contribution in [0, 0.1) is 5.82 Å². The van der Waals surface area contributed by atoms with Crippen molar-refractivity contribution in [3.8, 4) is 5.75 Å². The molecule has 1 aliphatic rings. The van der Waals surface area contributed by atoms with Gasteiger partial charge < -0.3 is 15.3 Å². The van der Waals surface area contributed by atoms with Gasteiger partial charge in [-0.3, -0.25) is 9.59 Å². The number of hydrogen-bond acceptors (Lipinski definition) is 3. The molecule has 3 aromatic carbocycles. The van der Waals surface area contributed by atoms with Crippen LogP contribution >= 0.6 is 0 Å². The zero-order chi connectivity index (χ0) is 21.1. The van der Waals surface area contributed by atoms with Gasteiger partial charge in [0, 0.05) is 11.8 Å². The largest absolute Gasteiger partial charge is 0.508 e. The highest BCUT2D eigenvalue weighted by atomic mass is 19.1.